The molecule has 0 aliphatic heterocycles. The zero-order chi connectivity index (χ0) is 19.5. The summed E-state index contributed by atoms with van der Waals surface area (Å²) in [5.74, 6) is 2.66. The van der Waals surface area contributed by atoms with Crippen LogP contribution in [0.3, 0.4) is 0 Å². The fraction of sp³-hybridized carbons (Fsp3) is 0.667. The van der Waals surface area contributed by atoms with E-state index in [1.54, 1.807) is 10.7 Å². The molecule has 0 aromatic carbocycles. The Morgan fingerprint density at radius 2 is 1.82 bits per heavy atom. The maximum absolute atomic E-state index is 12.7. The van der Waals surface area contributed by atoms with E-state index < -0.39 is 0 Å². The zero-order valence-electron chi connectivity index (χ0n) is 16.6. The topological polar surface area (TPSA) is 64.7 Å². The lowest BCUT2D eigenvalue weighted by molar-refractivity contribution is -0.0503. The second kappa shape index (κ2) is 6.71. The summed E-state index contributed by atoms with van der Waals surface area (Å²) in [6.45, 7) is 5.31. The third kappa shape index (κ3) is 3.21. The minimum Gasteiger partial charge on any atom is -0.350 e. The van der Waals surface area contributed by atoms with Gasteiger partial charge in [-0.05, 0) is 97.5 Å². The molecule has 1 N–H and O–H groups in total. The lowest BCUT2D eigenvalue weighted by Crippen LogP contribution is -2.51. The van der Waals surface area contributed by atoms with Gasteiger partial charge in [0.25, 0.3) is 5.91 Å². The zero-order valence-corrected chi connectivity index (χ0v) is 18.2. The molecule has 4 aliphatic carbocycles. The van der Waals surface area contributed by atoms with Crippen molar-refractivity contribution in [3.8, 4) is 0 Å². The molecule has 4 saturated carbocycles. The molecule has 0 radical (unpaired) electrons. The molecule has 2 aromatic rings. The summed E-state index contributed by atoms with van der Waals surface area (Å²) < 4.78 is 4.68. The molecule has 28 heavy (non-hydrogen) atoms. The van der Waals surface area contributed by atoms with Crippen molar-refractivity contribution < 1.29 is 4.79 Å². The van der Waals surface area contributed by atoms with Crippen molar-refractivity contribution in [3.05, 3.63) is 33.8 Å². The van der Waals surface area contributed by atoms with E-state index >= 15 is 0 Å². The summed E-state index contributed by atoms with van der Waals surface area (Å²) in [6.07, 6.45) is 10.1. The Morgan fingerprint density at radius 3 is 2.39 bits per heavy atom. The van der Waals surface area contributed by atoms with Crippen LogP contribution in [0.15, 0.2) is 16.7 Å². The van der Waals surface area contributed by atoms with E-state index in [0.717, 1.165) is 40.2 Å². The Labute approximate surface area is 174 Å². The summed E-state index contributed by atoms with van der Waals surface area (Å²) in [6, 6.07) is 1.80. The van der Waals surface area contributed by atoms with Gasteiger partial charge in [0.15, 0.2) is 0 Å². The molecule has 4 bridgehead atoms. The first-order valence-corrected chi connectivity index (χ1v) is 11.2. The molecule has 0 atom stereocenters. The second-order valence-corrected chi connectivity index (χ2v) is 10.3. The van der Waals surface area contributed by atoms with Gasteiger partial charge in [-0.2, -0.15) is 10.2 Å². The molecule has 4 aliphatic rings. The predicted octanol–water partition coefficient (Wildman–Crippen LogP) is 3.91. The predicted molar refractivity (Wildman–Crippen MR) is 110 cm³/mol. The van der Waals surface area contributed by atoms with Crippen molar-refractivity contribution in [1.29, 1.82) is 0 Å². The summed E-state index contributed by atoms with van der Waals surface area (Å²) in [4.78, 5) is 12.7. The van der Waals surface area contributed by atoms with Crippen LogP contribution >= 0.6 is 15.9 Å². The molecule has 6 nitrogen and oxygen atoms in total. The molecule has 0 unspecified atom stereocenters. The number of halogens is 1. The first-order chi connectivity index (χ1) is 13.4. The van der Waals surface area contributed by atoms with E-state index in [9.17, 15) is 4.79 Å². The SMILES string of the molecule is Cc1nn(Cn2ccc(C(=O)NCC34CC5CC(CC(C5)C3)C4)n2)c(C)c1Br. The standard InChI is InChI=1S/C21H28BrN5O/c1-13-19(22)14(2)27(24-13)12-26-4-3-18(25-26)20(28)23-11-21-8-15-5-16(9-21)7-17(6-15)10-21/h3-4,15-17H,5-12H2,1-2H3,(H,23,28). The minimum atomic E-state index is -0.0518. The Morgan fingerprint density at radius 1 is 1.18 bits per heavy atom. The van der Waals surface area contributed by atoms with E-state index in [1.165, 1.54) is 38.5 Å². The van der Waals surface area contributed by atoms with Crippen LogP contribution < -0.4 is 5.32 Å². The van der Waals surface area contributed by atoms with Gasteiger partial charge in [-0.3, -0.25) is 9.48 Å². The number of hydrogen-bond donors (Lipinski definition) is 1. The van der Waals surface area contributed by atoms with Crippen molar-refractivity contribution in [2.45, 2.75) is 59.0 Å². The van der Waals surface area contributed by atoms with E-state index in [-0.39, 0.29) is 5.91 Å². The van der Waals surface area contributed by atoms with Crippen LogP contribution in [0.4, 0.5) is 0 Å². The van der Waals surface area contributed by atoms with Crippen LogP contribution in [0.1, 0.15) is 60.4 Å². The number of nitrogens with one attached hydrogen (secondary N) is 1. The summed E-state index contributed by atoms with van der Waals surface area (Å²) in [5, 5.41) is 12.2. The van der Waals surface area contributed by atoms with Crippen LogP contribution in [-0.4, -0.2) is 32.0 Å². The molecule has 7 heteroatoms. The van der Waals surface area contributed by atoms with Gasteiger partial charge in [0.1, 0.15) is 12.4 Å². The average Bonchev–Trinajstić information content (AvgIpc) is 3.20. The van der Waals surface area contributed by atoms with E-state index in [2.05, 4.69) is 31.4 Å². The average molecular weight is 446 g/mol. The number of aromatic nitrogens is 4. The molecule has 2 aromatic heterocycles. The van der Waals surface area contributed by atoms with E-state index in [1.807, 2.05) is 24.7 Å². The first kappa shape index (κ1) is 18.4. The number of aryl methyl sites for hydroxylation is 1. The monoisotopic (exact) mass is 445 g/mol. The molecule has 1 amide bonds. The largest absolute Gasteiger partial charge is 0.350 e. The van der Waals surface area contributed by atoms with Gasteiger partial charge in [0, 0.05) is 12.7 Å². The van der Waals surface area contributed by atoms with Crippen molar-refractivity contribution in [2.24, 2.45) is 23.2 Å². The lowest BCUT2D eigenvalue weighted by atomic mass is 9.49. The number of nitrogens with zero attached hydrogens (tertiary/aromatic N) is 4. The highest BCUT2D eigenvalue weighted by Crippen LogP contribution is 2.59. The van der Waals surface area contributed by atoms with E-state index in [4.69, 9.17) is 0 Å². The maximum atomic E-state index is 12.7. The minimum absolute atomic E-state index is 0.0518. The van der Waals surface area contributed by atoms with Crippen LogP contribution in [0.5, 0.6) is 0 Å². The number of carbonyl (C=O) groups excluding carboxylic acids is 1. The Bertz CT molecular complexity index is 879. The Hall–Kier alpha value is -1.63. The quantitative estimate of drug-likeness (QED) is 0.758. The van der Waals surface area contributed by atoms with Crippen molar-refractivity contribution >= 4 is 21.8 Å². The number of rotatable bonds is 5. The maximum Gasteiger partial charge on any atom is 0.271 e. The molecular weight excluding hydrogens is 418 g/mol. The molecular formula is C21H28BrN5O. The summed E-state index contributed by atoms with van der Waals surface area (Å²) in [5.41, 5.74) is 2.85. The molecule has 6 rings (SSSR count). The highest BCUT2D eigenvalue weighted by molar-refractivity contribution is 9.10. The number of carbonyl (C=O) groups is 1. The molecule has 0 saturated heterocycles. The summed E-state index contributed by atoms with van der Waals surface area (Å²) in [7, 11) is 0. The molecule has 0 spiro atoms. The second-order valence-electron chi connectivity index (χ2n) is 9.47. The normalized spacial score (nSPS) is 30.8. The third-order valence-electron chi connectivity index (χ3n) is 7.23. The fourth-order valence-corrected chi connectivity index (χ4v) is 6.66. The number of amides is 1. The lowest BCUT2D eigenvalue weighted by Gasteiger charge is -2.56. The number of hydrogen-bond acceptors (Lipinski definition) is 3. The molecule has 2 heterocycles. The van der Waals surface area contributed by atoms with Gasteiger partial charge in [-0.15, -0.1) is 0 Å². The van der Waals surface area contributed by atoms with Crippen LogP contribution in [-0.2, 0) is 6.67 Å². The van der Waals surface area contributed by atoms with Gasteiger partial charge in [-0.1, -0.05) is 0 Å². The molecule has 4 fully saturated rings. The van der Waals surface area contributed by atoms with Crippen molar-refractivity contribution in [3.63, 3.8) is 0 Å². The van der Waals surface area contributed by atoms with Crippen molar-refractivity contribution in [2.75, 3.05) is 6.54 Å². The van der Waals surface area contributed by atoms with Gasteiger partial charge in [-0.25, -0.2) is 4.68 Å². The third-order valence-corrected chi connectivity index (χ3v) is 8.38. The Balaban J connectivity index is 1.22. The van der Waals surface area contributed by atoms with Crippen LogP contribution in [0.2, 0.25) is 0 Å². The van der Waals surface area contributed by atoms with Crippen LogP contribution in [0, 0.1) is 37.0 Å². The Kier molecular flexibility index (Phi) is 4.41. The highest BCUT2D eigenvalue weighted by Gasteiger charge is 2.50. The van der Waals surface area contributed by atoms with Gasteiger partial charge in [0.05, 0.1) is 15.9 Å². The van der Waals surface area contributed by atoms with Gasteiger partial charge < -0.3 is 5.32 Å². The van der Waals surface area contributed by atoms with E-state index in [0.29, 0.717) is 17.8 Å². The van der Waals surface area contributed by atoms with Crippen LogP contribution in [0.25, 0.3) is 0 Å². The summed E-state index contributed by atoms with van der Waals surface area (Å²) >= 11 is 3.55. The fourth-order valence-electron chi connectivity index (χ4n) is 6.38. The smallest absolute Gasteiger partial charge is 0.271 e. The van der Waals surface area contributed by atoms with Gasteiger partial charge >= 0.3 is 0 Å². The highest BCUT2D eigenvalue weighted by atomic mass is 79.9. The van der Waals surface area contributed by atoms with Crippen molar-refractivity contribution in [1.82, 2.24) is 24.9 Å². The first-order valence-electron chi connectivity index (χ1n) is 10.4. The molecule has 150 valence electrons. The van der Waals surface area contributed by atoms with Gasteiger partial charge in [0.2, 0.25) is 0 Å².